The number of aliphatic imine (C=N–C) groups is 1. The number of benzene rings is 1. The Morgan fingerprint density at radius 2 is 2.27 bits per heavy atom. The molecule has 1 aliphatic rings. The molecule has 140 valence electrons. The monoisotopic (exact) mass is 357 g/mol. The van der Waals surface area contributed by atoms with Gasteiger partial charge in [-0.25, -0.2) is 14.4 Å². The summed E-state index contributed by atoms with van der Waals surface area (Å²) in [7, 11) is 0. The van der Waals surface area contributed by atoms with E-state index in [1.165, 1.54) is 0 Å². The smallest absolute Gasteiger partial charge is 0.194 e. The third kappa shape index (κ3) is 4.23. The first-order chi connectivity index (χ1) is 12.6. The fourth-order valence-electron chi connectivity index (χ4n) is 3.42. The molecular formula is C20H28FN5. The molecule has 1 aliphatic heterocycles. The van der Waals surface area contributed by atoms with Gasteiger partial charge in [-0.3, -0.25) is 0 Å². The van der Waals surface area contributed by atoms with Crippen LogP contribution < -0.4 is 5.32 Å². The molecule has 0 amide bonds. The first-order valence-corrected chi connectivity index (χ1v) is 9.34. The van der Waals surface area contributed by atoms with Crippen molar-refractivity contribution in [1.82, 2.24) is 19.8 Å². The maximum Gasteiger partial charge on any atom is 0.194 e. The molecule has 2 heterocycles. The number of piperidine rings is 1. The van der Waals surface area contributed by atoms with E-state index in [1.54, 1.807) is 13.0 Å². The lowest BCUT2D eigenvalue weighted by atomic mass is 9.93. The highest BCUT2D eigenvalue weighted by atomic mass is 19.1. The van der Waals surface area contributed by atoms with Gasteiger partial charge in [-0.1, -0.05) is 19.1 Å². The van der Waals surface area contributed by atoms with Crippen LogP contribution in [0.5, 0.6) is 0 Å². The molecule has 2 unspecified atom stereocenters. The highest BCUT2D eigenvalue weighted by molar-refractivity contribution is 5.80. The van der Waals surface area contributed by atoms with Crippen LogP contribution in [-0.4, -0.2) is 40.0 Å². The molecule has 3 rings (SSSR count). The number of aromatic nitrogens is 2. The van der Waals surface area contributed by atoms with E-state index in [9.17, 15) is 4.39 Å². The molecule has 2 aromatic rings. The van der Waals surface area contributed by atoms with E-state index in [4.69, 9.17) is 4.99 Å². The van der Waals surface area contributed by atoms with Crippen LogP contribution >= 0.6 is 0 Å². The zero-order chi connectivity index (χ0) is 18.5. The fourth-order valence-corrected chi connectivity index (χ4v) is 3.42. The predicted molar refractivity (Wildman–Crippen MR) is 103 cm³/mol. The number of aryl methyl sites for hydroxylation is 1. The highest BCUT2D eigenvalue weighted by Gasteiger charge is 2.28. The van der Waals surface area contributed by atoms with Gasteiger partial charge >= 0.3 is 0 Å². The summed E-state index contributed by atoms with van der Waals surface area (Å²) in [6.45, 7) is 9.29. The number of hydrogen-bond donors (Lipinski definition) is 1. The summed E-state index contributed by atoms with van der Waals surface area (Å²) in [5, 5.41) is 3.39. The predicted octanol–water partition coefficient (Wildman–Crippen LogP) is 3.38. The number of imidazole rings is 1. The van der Waals surface area contributed by atoms with Crippen LogP contribution in [-0.2, 0) is 6.54 Å². The summed E-state index contributed by atoms with van der Waals surface area (Å²) in [6.07, 6.45) is 6.86. The van der Waals surface area contributed by atoms with E-state index >= 15 is 0 Å². The average molecular weight is 357 g/mol. The Morgan fingerprint density at radius 3 is 2.96 bits per heavy atom. The van der Waals surface area contributed by atoms with Crippen molar-refractivity contribution in [3.63, 3.8) is 0 Å². The summed E-state index contributed by atoms with van der Waals surface area (Å²) in [5.74, 6) is 1.31. The van der Waals surface area contributed by atoms with E-state index in [0.717, 1.165) is 37.6 Å². The van der Waals surface area contributed by atoms with Crippen LogP contribution in [0.1, 0.15) is 37.4 Å². The zero-order valence-electron chi connectivity index (χ0n) is 15.8. The largest absolute Gasteiger partial charge is 0.357 e. The van der Waals surface area contributed by atoms with Crippen LogP contribution in [0.25, 0.3) is 0 Å². The maximum atomic E-state index is 13.8. The number of hydrogen-bond acceptors (Lipinski definition) is 2. The van der Waals surface area contributed by atoms with Crippen LogP contribution in [0.4, 0.5) is 4.39 Å². The number of nitrogens with zero attached hydrogens (tertiary/aromatic N) is 4. The van der Waals surface area contributed by atoms with Gasteiger partial charge < -0.3 is 14.8 Å². The van der Waals surface area contributed by atoms with Crippen molar-refractivity contribution in [2.75, 3.05) is 19.6 Å². The Hall–Kier alpha value is -2.37. The second-order valence-electron chi connectivity index (χ2n) is 7.04. The summed E-state index contributed by atoms with van der Waals surface area (Å²) < 4.78 is 16.0. The van der Waals surface area contributed by atoms with Gasteiger partial charge in [-0.15, -0.1) is 0 Å². The second-order valence-corrected chi connectivity index (χ2v) is 7.04. The number of guanidine groups is 1. The molecule has 26 heavy (non-hydrogen) atoms. The molecule has 1 saturated heterocycles. The minimum atomic E-state index is -0.172. The van der Waals surface area contributed by atoms with E-state index in [1.807, 2.05) is 30.9 Å². The van der Waals surface area contributed by atoms with Gasteiger partial charge in [0, 0.05) is 32.0 Å². The van der Waals surface area contributed by atoms with Crippen molar-refractivity contribution in [2.45, 2.75) is 39.8 Å². The van der Waals surface area contributed by atoms with Gasteiger partial charge in [0.1, 0.15) is 5.82 Å². The molecule has 0 spiro atoms. The molecular weight excluding hydrogens is 329 g/mol. The molecule has 2 atom stereocenters. The standard InChI is InChI=1S/C20H28FN5/c1-4-23-20(24-12-17-6-5-15(2)18(21)11-17)25-9-7-16(3)19(13-25)26-10-8-22-14-26/h5-6,8,10-11,14,16,19H,4,7,9,12-13H2,1-3H3,(H,23,24). The molecule has 0 radical (unpaired) electrons. The minimum Gasteiger partial charge on any atom is -0.357 e. The molecule has 0 saturated carbocycles. The van der Waals surface area contributed by atoms with E-state index in [0.29, 0.717) is 24.1 Å². The van der Waals surface area contributed by atoms with Gasteiger partial charge in [0.25, 0.3) is 0 Å². The molecule has 1 aromatic carbocycles. The Kier molecular flexibility index (Phi) is 5.91. The topological polar surface area (TPSA) is 45.5 Å². The highest BCUT2D eigenvalue weighted by Crippen LogP contribution is 2.27. The van der Waals surface area contributed by atoms with Crippen molar-refractivity contribution >= 4 is 5.96 Å². The van der Waals surface area contributed by atoms with Crippen LogP contribution in [0.15, 0.2) is 41.9 Å². The van der Waals surface area contributed by atoms with Crippen molar-refractivity contribution in [3.8, 4) is 0 Å². The summed E-state index contributed by atoms with van der Waals surface area (Å²) in [6, 6.07) is 5.71. The second kappa shape index (κ2) is 8.34. The summed E-state index contributed by atoms with van der Waals surface area (Å²) >= 11 is 0. The number of likely N-dealkylation sites (tertiary alicyclic amines) is 1. The Bertz CT molecular complexity index is 741. The lowest BCUT2D eigenvalue weighted by Crippen LogP contribution is -2.49. The van der Waals surface area contributed by atoms with Crippen LogP contribution in [0.2, 0.25) is 0 Å². The molecule has 5 nitrogen and oxygen atoms in total. The van der Waals surface area contributed by atoms with Crippen molar-refractivity contribution in [1.29, 1.82) is 0 Å². The third-order valence-electron chi connectivity index (χ3n) is 5.11. The van der Waals surface area contributed by atoms with Gasteiger partial charge in [0.2, 0.25) is 0 Å². The first kappa shape index (κ1) is 18.4. The number of nitrogens with one attached hydrogen (secondary N) is 1. The van der Waals surface area contributed by atoms with Crippen molar-refractivity contribution in [3.05, 3.63) is 53.9 Å². The average Bonchev–Trinajstić information content (AvgIpc) is 3.16. The quantitative estimate of drug-likeness (QED) is 0.674. The number of rotatable bonds is 4. The molecule has 0 bridgehead atoms. The molecule has 6 heteroatoms. The Morgan fingerprint density at radius 1 is 1.42 bits per heavy atom. The first-order valence-electron chi connectivity index (χ1n) is 9.34. The lowest BCUT2D eigenvalue weighted by molar-refractivity contribution is 0.189. The van der Waals surface area contributed by atoms with E-state index < -0.39 is 0 Å². The van der Waals surface area contributed by atoms with Crippen LogP contribution in [0.3, 0.4) is 0 Å². The van der Waals surface area contributed by atoms with Crippen molar-refractivity contribution in [2.24, 2.45) is 10.9 Å². The SMILES string of the molecule is CCNC(=NCc1ccc(C)c(F)c1)N1CCC(C)C(n2ccnc2)C1. The van der Waals surface area contributed by atoms with Gasteiger partial charge in [-0.2, -0.15) is 0 Å². The van der Waals surface area contributed by atoms with Gasteiger partial charge in [0.05, 0.1) is 18.9 Å². The van der Waals surface area contributed by atoms with Gasteiger partial charge in [-0.05, 0) is 43.4 Å². The Balaban J connectivity index is 1.74. The zero-order valence-corrected chi connectivity index (χ0v) is 15.8. The molecule has 0 aliphatic carbocycles. The van der Waals surface area contributed by atoms with E-state index in [2.05, 4.69) is 33.6 Å². The summed E-state index contributed by atoms with van der Waals surface area (Å²) in [5.41, 5.74) is 1.55. The van der Waals surface area contributed by atoms with Gasteiger partial charge in [0.15, 0.2) is 5.96 Å². The van der Waals surface area contributed by atoms with Crippen molar-refractivity contribution < 1.29 is 4.39 Å². The Labute approximate surface area is 155 Å². The fraction of sp³-hybridized carbons (Fsp3) is 0.500. The molecule has 1 N–H and O–H groups in total. The maximum absolute atomic E-state index is 13.8. The summed E-state index contributed by atoms with van der Waals surface area (Å²) in [4.78, 5) is 11.3. The molecule has 1 fully saturated rings. The minimum absolute atomic E-state index is 0.172. The normalized spacial score (nSPS) is 21.1. The lowest BCUT2D eigenvalue weighted by Gasteiger charge is -2.39. The molecule has 1 aromatic heterocycles. The van der Waals surface area contributed by atoms with E-state index in [-0.39, 0.29) is 5.82 Å². The third-order valence-corrected chi connectivity index (χ3v) is 5.11. The number of halogens is 1. The van der Waals surface area contributed by atoms with Crippen LogP contribution in [0, 0.1) is 18.7 Å².